The molecule has 0 fully saturated rings. The molecule has 0 aliphatic carbocycles. The first kappa shape index (κ1) is 7.57. The smallest absolute Gasteiger partial charge is 0.188 e. The second kappa shape index (κ2) is 2.27. The number of hydrogen-bond donors (Lipinski definition) is 0. The van der Waals surface area contributed by atoms with Crippen LogP contribution in [0.15, 0.2) is 36.7 Å². The van der Waals surface area contributed by atoms with E-state index in [9.17, 15) is 0 Å². The number of hydrogen-bond acceptors (Lipinski definition) is 0. The van der Waals surface area contributed by atoms with Gasteiger partial charge in [0.05, 0.1) is 11.1 Å². The Labute approximate surface area is 88.4 Å². The Morgan fingerprint density at radius 1 is 1.13 bits per heavy atom. The van der Waals surface area contributed by atoms with Crippen LogP contribution < -0.4 is 9.13 Å². The minimum absolute atomic E-state index is 0.489. The second-order valence-electron chi connectivity index (χ2n) is 4.41. The van der Waals surface area contributed by atoms with Crippen molar-refractivity contribution in [2.24, 2.45) is 0 Å². The predicted molar refractivity (Wildman–Crippen MR) is 55.2 cm³/mol. The van der Waals surface area contributed by atoms with E-state index < -0.39 is 0 Å². The highest BCUT2D eigenvalue weighted by Crippen LogP contribution is 2.35. The van der Waals surface area contributed by atoms with E-state index in [-0.39, 0.29) is 0 Å². The van der Waals surface area contributed by atoms with Crippen LogP contribution in [0.4, 0.5) is 0 Å². The number of pyridine rings is 2. The second-order valence-corrected chi connectivity index (χ2v) is 4.41. The monoisotopic (exact) mass is 196 g/mol. The lowest BCUT2D eigenvalue weighted by atomic mass is 10.1. The van der Waals surface area contributed by atoms with Crippen molar-refractivity contribution in [1.29, 1.82) is 0 Å². The highest BCUT2D eigenvalue weighted by Gasteiger charge is 2.46. The topological polar surface area (TPSA) is 7.76 Å². The van der Waals surface area contributed by atoms with Crippen molar-refractivity contribution in [3.05, 3.63) is 47.8 Å². The first-order valence-electron chi connectivity index (χ1n) is 5.42. The van der Waals surface area contributed by atoms with E-state index >= 15 is 0 Å². The standard InChI is InChI=1S/C13H12N2/c1-9-11-5-3-6-14-8-10-4-2-7-15(9)12(10)13(11)14/h2-7,9H,8H2,1H3/q+2. The summed E-state index contributed by atoms with van der Waals surface area (Å²) >= 11 is 0. The maximum atomic E-state index is 2.39. The Bertz CT molecular complexity index is 536. The zero-order chi connectivity index (χ0) is 9.99. The fraction of sp³-hybridized carbons (Fsp3) is 0.231. The first-order chi connectivity index (χ1) is 7.36. The van der Waals surface area contributed by atoms with E-state index in [1.54, 1.807) is 0 Å². The molecule has 0 saturated carbocycles. The van der Waals surface area contributed by atoms with Crippen LogP contribution in [0.3, 0.4) is 0 Å². The molecule has 0 aromatic carbocycles. The summed E-state index contributed by atoms with van der Waals surface area (Å²) in [4.78, 5) is 0. The number of nitrogens with zero attached hydrogens (tertiary/aromatic N) is 2. The number of rotatable bonds is 0. The van der Waals surface area contributed by atoms with Gasteiger partial charge in [0.2, 0.25) is 0 Å². The minimum Gasteiger partial charge on any atom is -0.188 e. The highest BCUT2D eigenvalue weighted by molar-refractivity contribution is 5.61. The Hall–Kier alpha value is -1.70. The van der Waals surface area contributed by atoms with Crippen molar-refractivity contribution >= 4 is 0 Å². The van der Waals surface area contributed by atoms with Crippen LogP contribution in [-0.2, 0) is 6.54 Å². The molecule has 0 N–H and O–H groups in total. The summed E-state index contributed by atoms with van der Waals surface area (Å²) in [5, 5.41) is 0. The van der Waals surface area contributed by atoms with Crippen LogP contribution in [0.1, 0.15) is 24.1 Å². The largest absolute Gasteiger partial charge is 0.288 e. The van der Waals surface area contributed by atoms with Crippen LogP contribution in [0.5, 0.6) is 0 Å². The summed E-state index contributed by atoms with van der Waals surface area (Å²) in [6.45, 7) is 3.31. The molecule has 0 radical (unpaired) electrons. The molecule has 15 heavy (non-hydrogen) atoms. The van der Waals surface area contributed by atoms with Gasteiger partial charge in [0.15, 0.2) is 25.0 Å². The molecule has 2 aliphatic rings. The Balaban J connectivity index is 2.23. The summed E-state index contributed by atoms with van der Waals surface area (Å²) in [5.74, 6) is 0. The van der Waals surface area contributed by atoms with Crippen molar-refractivity contribution < 1.29 is 9.13 Å². The molecule has 1 unspecified atom stereocenters. The van der Waals surface area contributed by atoms with E-state index in [4.69, 9.17) is 0 Å². The molecule has 1 atom stereocenters. The van der Waals surface area contributed by atoms with Gasteiger partial charge in [0, 0.05) is 19.1 Å². The maximum absolute atomic E-state index is 2.39. The normalized spacial score (nSPS) is 19.4. The van der Waals surface area contributed by atoms with Crippen molar-refractivity contribution in [1.82, 2.24) is 0 Å². The summed E-state index contributed by atoms with van der Waals surface area (Å²) in [7, 11) is 0. The SMILES string of the molecule is CC1c2ccc[n+]3c2-c2c(ccc[n+]21)C3. The molecule has 2 aromatic heterocycles. The van der Waals surface area contributed by atoms with Gasteiger partial charge in [-0.25, -0.2) is 0 Å². The van der Waals surface area contributed by atoms with Gasteiger partial charge in [-0.05, 0) is 12.1 Å². The molecule has 4 rings (SSSR count). The third-order valence-corrected chi connectivity index (χ3v) is 3.64. The molecule has 2 aromatic rings. The zero-order valence-corrected chi connectivity index (χ0v) is 8.64. The Morgan fingerprint density at radius 2 is 2.00 bits per heavy atom. The number of aromatic nitrogens is 2. The molecule has 0 bridgehead atoms. The fourth-order valence-corrected chi connectivity index (χ4v) is 2.94. The molecule has 4 heterocycles. The van der Waals surface area contributed by atoms with E-state index in [1.165, 1.54) is 22.5 Å². The molecule has 2 nitrogen and oxygen atoms in total. The third kappa shape index (κ3) is 0.729. The highest BCUT2D eigenvalue weighted by atomic mass is 15.1. The molecule has 0 amide bonds. The molecule has 2 aliphatic heterocycles. The zero-order valence-electron chi connectivity index (χ0n) is 8.64. The molecular weight excluding hydrogens is 184 g/mol. The molecule has 72 valence electrons. The molecular formula is C13H12N2+2. The van der Waals surface area contributed by atoms with Crippen LogP contribution in [0, 0.1) is 0 Å². The molecule has 0 spiro atoms. The summed E-state index contributed by atoms with van der Waals surface area (Å²) in [6.07, 6.45) is 4.38. The summed E-state index contributed by atoms with van der Waals surface area (Å²) in [6, 6.07) is 9.29. The van der Waals surface area contributed by atoms with Gasteiger partial charge < -0.3 is 0 Å². The molecule has 0 saturated heterocycles. The van der Waals surface area contributed by atoms with E-state index in [0.717, 1.165) is 6.54 Å². The summed E-state index contributed by atoms with van der Waals surface area (Å²) < 4.78 is 4.75. The Morgan fingerprint density at radius 3 is 2.93 bits per heavy atom. The average molecular weight is 196 g/mol. The predicted octanol–water partition coefficient (Wildman–Crippen LogP) is 1.21. The van der Waals surface area contributed by atoms with Crippen molar-refractivity contribution in [3.8, 4) is 11.4 Å². The first-order valence-corrected chi connectivity index (χ1v) is 5.42. The van der Waals surface area contributed by atoms with Crippen molar-refractivity contribution in [2.75, 3.05) is 0 Å². The van der Waals surface area contributed by atoms with Gasteiger partial charge in [-0.2, -0.15) is 9.13 Å². The van der Waals surface area contributed by atoms with Crippen molar-refractivity contribution in [2.45, 2.75) is 19.5 Å². The lowest BCUT2D eigenvalue weighted by Crippen LogP contribution is -2.36. The van der Waals surface area contributed by atoms with Gasteiger partial charge in [-0.15, -0.1) is 0 Å². The van der Waals surface area contributed by atoms with Crippen LogP contribution in [0.2, 0.25) is 0 Å². The fourth-order valence-electron chi connectivity index (χ4n) is 2.94. The quantitative estimate of drug-likeness (QED) is 0.477. The van der Waals surface area contributed by atoms with E-state index in [1.807, 2.05) is 0 Å². The van der Waals surface area contributed by atoms with Gasteiger partial charge in [-0.3, -0.25) is 0 Å². The maximum Gasteiger partial charge on any atom is 0.288 e. The van der Waals surface area contributed by atoms with E-state index in [2.05, 4.69) is 52.7 Å². The molecule has 2 heteroatoms. The minimum atomic E-state index is 0.489. The van der Waals surface area contributed by atoms with Gasteiger partial charge >= 0.3 is 0 Å². The lowest BCUT2D eigenvalue weighted by molar-refractivity contribution is -0.696. The van der Waals surface area contributed by atoms with Crippen molar-refractivity contribution in [3.63, 3.8) is 0 Å². The lowest BCUT2D eigenvalue weighted by Gasteiger charge is -2.01. The van der Waals surface area contributed by atoms with E-state index in [0.29, 0.717) is 6.04 Å². The van der Waals surface area contributed by atoms with Gasteiger partial charge in [-0.1, -0.05) is 0 Å². The third-order valence-electron chi connectivity index (χ3n) is 3.64. The van der Waals surface area contributed by atoms with Crippen LogP contribution >= 0.6 is 0 Å². The Kier molecular flexibility index (Phi) is 1.15. The van der Waals surface area contributed by atoms with Gasteiger partial charge in [0.25, 0.3) is 11.4 Å². The summed E-state index contributed by atoms with van der Waals surface area (Å²) in [5.41, 5.74) is 5.78. The van der Waals surface area contributed by atoms with Gasteiger partial charge in [0.1, 0.15) is 0 Å². The van der Waals surface area contributed by atoms with Crippen LogP contribution in [0.25, 0.3) is 11.4 Å². The average Bonchev–Trinajstić information content (AvgIpc) is 2.77. The van der Waals surface area contributed by atoms with Crippen LogP contribution in [-0.4, -0.2) is 0 Å².